The molecule has 36 heavy (non-hydrogen) atoms. The molecule has 2 N–H and O–H groups in total. The van der Waals surface area contributed by atoms with Crippen molar-refractivity contribution in [1.29, 1.82) is 0 Å². The molecule has 0 fully saturated rings. The molecule has 0 aliphatic carbocycles. The van der Waals surface area contributed by atoms with Crippen LogP contribution in [0.5, 0.6) is 0 Å². The van der Waals surface area contributed by atoms with Crippen LogP contribution >= 0.6 is 34.5 Å². The van der Waals surface area contributed by atoms with E-state index in [-0.39, 0.29) is 15.5 Å². The average molecular weight is 580 g/mol. The summed E-state index contributed by atoms with van der Waals surface area (Å²) >= 11 is 12.1. The number of oxime groups is 1. The van der Waals surface area contributed by atoms with E-state index in [2.05, 4.69) is 10.5 Å². The van der Waals surface area contributed by atoms with Gasteiger partial charge in [0.2, 0.25) is 5.91 Å². The molecular weight excluding hydrogens is 566 g/mol. The summed E-state index contributed by atoms with van der Waals surface area (Å²) in [4.78, 5) is 28.8. The van der Waals surface area contributed by atoms with Crippen molar-refractivity contribution in [3.63, 3.8) is 0 Å². The second kappa shape index (κ2) is 10.1. The minimum atomic E-state index is -5.03. The molecule has 16 heteroatoms. The van der Waals surface area contributed by atoms with Crippen molar-refractivity contribution in [2.75, 3.05) is 13.1 Å². The van der Waals surface area contributed by atoms with Crippen molar-refractivity contribution in [1.82, 2.24) is 10.6 Å². The molecule has 1 atom stereocenters. The summed E-state index contributed by atoms with van der Waals surface area (Å²) in [5.74, 6) is -3.02. The Balaban J connectivity index is 1.78. The number of hydrogen-bond donors (Lipinski definition) is 2. The average Bonchev–Trinajstić information content (AvgIpc) is 3.38. The lowest BCUT2D eigenvalue weighted by Gasteiger charge is -2.29. The molecule has 0 saturated carbocycles. The van der Waals surface area contributed by atoms with Gasteiger partial charge in [-0.1, -0.05) is 28.4 Å². The summed E-state index contributed by atoms with van der Waals surface area (Å²) in [5, 5.41) is 5.97. The molecule has 6 nitrogen and oxygen atoms in total. The summed E-state index contributed by atoms with van der Waals surface area (Å²) in [5.41, 5.74) is -3.48. The maximum atomic E-state index is 14.1. The minimum absolute atomic E-state index is 0.00583. The monoisotopic (exact) mass is 579 g/mol. The summed E-state index contributed by atoms with van der Waals surface area (Å²) in [6.07, 6.45) is -10.5. The molecule has 0 unspecified atom stereocenters. The predicted octanol–water partition coefficient (Wildman–Crippen LogP) is 5.49. The standard InChI is InChI=1S/C20H14Cl2F7N3O3S/c1-8-2-13(36-16(8)17(34)30-6-14(33)31-7-19(24,25)26)12-5-18(35-32-12,20(27,28)29)9-3-10(21)15(23)11(22)4-9/h2-4H,5-7H2,1H3,(H,30,34)(H,31,33)/t18-/m0/s1. The predicted molar refractivity (Wildman–Crippen MR) is 117 cm³/mol. The van der Waals surface area contributed by atoms with Gasteiger partial charge in [0.25, 0.3) is 11.5 Å². The maximum Gasteiger partial charge on any atom is 0.435 e. The Morgan fingerprint density at radius 2 is 1.72 bits per heavy atom. The van der Waals surface area contributed by atoms with E-state index in [4.69, 9.17) is 28.0 Å². The topological polar surface area (TPSA) is 79.8 Å². The van der Waals surface area contributed by atoms with Gasteiger partial charge in [-0.05, 0) is 30.7 Å². The molecule has 0 radical (unpaired) electrons. The highest BCUT2D eigenvalue weighted by Gasteiger charge is 2.62. The summed E-state index contributed by atoms with van der Waals surface area (Å²) in [6, 6.07) is 2.83. The van der Waals surface area contributed by atoms with Crippen LogP contribution in [-0.4, -0.2) is 43.0 Å². The molecule has 0 saturated heterocycles. The molecule has 1 aromatic carbocycles. The van der Waals surface area contributed by atoms with Gasteiger partial charge in [-0.3, -0.25) is 9.59 Å². The molecule has 1 aliphatic rings. The molecule has 2 heterocycles. The number of nitrogens with one attached hydrogen (secondary N) is 2. The molecule has 2 amide bonds. The highest BCUT2D eigenvalue weighted by atomic mass is 35.5. The zero-order valence-electron chi connectivity index (χ0n) is 17.8. The number of nitrogens with zero attached hydrogens (tertiary/aromatic N) is 1. The van der Waals surface area contributed by atoms with Crippen LogP contribution in [0.3, 0.4) is 0 Å². The second-order valence-electron chi connectivity index (χ2n) is 7.58. The zero-order valence-corrected chi connectivity index (χ0v) is 20.2. The lowest BCUT2D eigenvalue weighted by molar-refractivity contribution is -0.275. The van der Waals surface area contributed by atoms with Crippen molar-refractivity contribution in [3.05, 3.63) is 54.9 Å². The Labute approximate surface area is 212 Å². The molecular formula is C20H14Cl2F7N3O3S. The van der Waals surface area contributed by atoms with E-state index in [1.807, 2.05) is 0 Å². The number of alkyl halides is 6. The first-order valence-electron chi connectivity index (χ1n) is 9.73. The van der Waals surface area contributed by atoms with Crippen molar-refractivity contribution < 1.29 is 45.2 Å². The number of benzene rings is 1. The van der Waals surface area contributed by atoms with Gasteiger partial charge in [0.05, 0.1) is 32.8 Å². The first-order valence-corrected chi connectivity index (χ1v) is 11.3. The van der Waals surface area contributed by atoms with Crippen LogP contribution < -0.4 is 10.6 Å². The van der Waals surface area contributed by atoms with Gasteiger partial charge < -0.3 is 15.5 Å². The zero-order chi connectivity index (χ0) is 27.1. The molecule has 1 aliphatic heterocycles. The van der Waals surface area contributed by atoms with Crippen molar-refractivity contribution in [2.24, 2.45) is 5.16 Å². The molecule has 0 bridgehead atoms. The Kier molecular flexibility index (Phi) is 7.82. The lowest BCUT2D eigenvalue weighted by atomic mass is 9.87. The van der Waals surface area contributed by atoms with Gasteiger partial charge in [0.15, 0.2) is 5.82 Å². The van der Waals surface area contributed by atoms with E-state index in [9.17, 15) is 40.3 Å². The van der Waals surface area contributed by atoms with Gasteiger partial charge in [-0.25, -0.2) is 4.39 Å². The summed E-state index contributed by atoms with van der Waals surface area (Å²) in [6.45, 7) is -0.865. The summed E-state index contributed by atoms with van der Waals surface area (Å²) in [7, 11) is 0. The number of carbonyl (C=O) groups is 2. The SMILES string of the molecule is Cc1cc(C2=NO[C@@](c3cc(Cl)c(F)c(Cl)c3)(C(F)(F)F)C2)sc1C(=O)NCC(=O)NCC(F)(F)F. The van der Waals surface area contributed by atoms with Gasteiger partial charge in [-0.15, -0.1) is 11.3 Å². The van der Waals surface area contributed by atoms with Crippen LogP contribution in [0, 0.1) is 12.7 Å². The van der Waals surface area contributed by atoms with E-state index in [0.717, 1.165) is 23.5 Å². The van der Waals surface area contributed by atoms with E-state index >= 15 is 0 Å². The number of carbonyl (C=O) groups excluding carboxylic acids is 2. The third-order valence-electron chi connectivity index (χ3n) is 4.94. The first kappa shape index (κ1) is 28.0. The first-order chi connectivity index (χ1) is 16.5. The van der Waals surface area contributed by atoms with Gasteiger partial charge >= 0.3 is 12.4 Å². The van der Waals surface area contributed by atoms with Crippen LogP contribution in [-0.2, 0) is 15.2 Å². The van der Waals surface area contributed by atoms with Crippen LogP contribution in [0.15, 0.2) is 23.4 Å². The fourth-order valence-electron chi connectivity index (χ4n) is 3.18. The summed E-state index contributed by atoms with van der Waals surface area (Å²) < 4.78 is 92.6. The van der Waals surface area contributed by atoms with E-state index in [0.29, 0.717) is 5.56 Å². The van der Waals surface area contributed by atoms with Crippen molar-refractivity contribution >= 4 is 52.1 Å². The molecule has 0 spiro atoms. The van der Waals surface area contributed by atoms with E-state index < -0.39 is 70.7 Å². The number of hydrogen-bond acceptors (Lipinski definition) is 5. The normalized spacial score (nSPS) is 18.0. The van der Waals surface area contributed by atoms with Gasteiger partial charge in [-0.2, -0.15) is 26.3 Å². The lowest BCUT2D eigenvalue weighted by Crippen LogP contribution is -2.42. The largest absolute Gasteiger partial charge is 0.435 e. The quantitative estimate of drug-likeness (QED) is 0.351. The van der Waals surface area contributed by atoms with Crippen molar-refractivity contribution in [3.8, 4) is 0 Å². The molecule has 1 aromatic heterocycles. The highest BCUT2D eigenvalue weighted by Crippen LogP contribution is 2.50. The Hall–Kier alpha value is -2.58. The second-order valence-corrected chi connectivity index (χ2v) is 9.45. The Bertz CT molecular complexity index is 1210. The number of amides is 2. The minimum Gasteiger partial charge on any atom is -0.374 e. The van der Waals surface area contributed by atoms with E-state index in [1.165, 1.54) is 13.0 Å². The fourth-order valence-corrected chi connectivity index (χ4v) is 4.73. The van der Waals surface area contributed by atoms with Crippen LogP contribution in [0.1, 0.15) is 32.1 Å². The molecule has 196 valence electrons. The maximum absolute atomic E-state index is 14.1. The van der Waals surface area contributed by atoms with Gasteiger partial charge in [0.1, 0.15) is 12.3 Å². The fraction of sp³-hybridized carbons (Fsp3) is 0.350. The van der Waals surface area contributed by atoms with Crippen LogP contribution in [0.4, 0.5) is 30.7 Å². The van der Waals surface area contributed by atoms with Gasteiger partial charge in [0, 0.05) is 5.56 Å². The molecule has 3 rings (SSSR count). The third-order valence-corrected chi connectivity index (χ3v) is 6.77. The Morgan fingerprint density at radius 1 is 1.11 bits per heavy atom. The number of halogens is 9. The van der Waals surface area contributed by atoms with Crippen molar-refractivity contribution in [2.45, 2.75) is 31.3 Å². The van der Waals surface area contributed by atoms with Crippen LogP contribution in [0.2, 0.25) is 10.0 Å². The smallest absolute Gasteiger partial charge is 0.374 e. The highest BCUT2D eigenvalue weighted by molar-refractivity contribution is 7.16. The molecule has 2 aromatic rings. The number of aryl methyl sites for hydroxylation is 1. The number of thiophene rings is 1. The van der Waals surface area contributed by atoms with Crippen LogP contribution in [0.25, 0.3) is 0 Å². The third kappa shape index (κ3) is 5.86. The Morgan fingerprint density at radius 3 is 2.28 bits per heavy atom. The van der Waals surface area contributed by atoms with E-state index in [1.54, 1.807) is 5.32 Å². The number of rotatable bonds is 6.